The molecule has 0 saturated heterocycles. The number of halogens is 2. The summed E-state index contributed by atoms with van der Waals surface area (Å²) in [7, 11) is 0. The summed E-state index contributed by atoms with van der Waals surface area (Å²) in [5, 5.41) is 0. The van der Waals surface area contributed by atoms with Crippen LogP contribution in [0.15, 0.2) is 29.2 Å². The van der Waals surface area contributed by atoms with Crippen molar-refractivity contribution < 1.29 is 17.5 Å². The molecule has 5 heteroatoms. The predicted octanol–water partition coefficient (Wildman–Crippen LogP) is 2.38. The molecule has 0 heterocycles. The largest absolute Gasteiger partial charge is 0.302 e. The van der Waals surface area contributed by atoms with Crippen LogP contribution in [0.5, 0.6) is 0 Å². The molecule has 1 rings (SSSR count). The summed E-state index contributed by atoms with van der Waals surface area (Å²) in [6.45, 7) is 0.742. The molecule has 1 N–H and O–H groups in total. The van der Waals surface area contributed by atoms with Gasteiger partial charge < -0.3 is 4.55 Å². The minimum absolute atomic E-state index is 0.0148. The van der Waals surface area contributed by atoms with E-state index in [9.17, 15) is 13.0 Å². The van der Waals surface area contributed by atoms with Gasteiger partial charge in [0.15, 0.2) is 11.1 Å². The average molecular weight is 206 g/mol. The molecule has 0 saturated carbocycles. The molecule has 1 aromatic rings. The summed E-state index contributed by atoms with van der Waals surface area (Å²) in [4.78, 5) is -0.0148. The second kappa shape index (κ2) is 3.51. The molecule has 0 bridgehead atoms. The Morgan fingerprint density at radius 1 is 1.46 bits per heavy atom. The van der Waals surface area contributed by atoms with E-state index in [1.54, 1.807) is 0 Å². The molecule has 1 unspecified atom stereocenters. The van der Waals surface area contributed by atoms with Gasteiger partial charge in [0.2, 0.25) is 0 Å². The fourth-order valence-corrected chi connectivity index (χ4v) is 1.30. The van der Waals surface area contributed by atoms with Gasteiger partial charge in [0.25, 0.3) is 5.92 Å². The summed E-state index contributed by atoms with van der Waals surface area (Å²) in [6, 6.07) is 4.90. The van der Waals surface area contributed by atoms with E-state index < -0.39 is 17.0 Å². The van der Waals surface area contributed by atoms with Crippen LogP contribution >= 0.6 is 0 Å². The van der Waals surface area contributed by atoms with E-state index in [1.807, 2.05) is 0 Å². The Morgan fingerprint density at radius 3 is 2.54 bits per heavy atom. The lowest BCUT2D eigenvalue weighted by Gasteiger charge is -2.10. The van der Waals surface area contributed by atoms with Gasteiger partial charge in [0.05, 0.1) is 4.90 Å². The second-order valence-electron chi connectivity index (χ2n) is 2.67. The molecule has 0 amide bonds. The van der Waals surface area contributed by atoms with Gasteiger partial charge in [-0.25, -0.2) is 13.0 Å². The van der Waals surface area contributed by atoms with Crippen LogP contribution in [-0.2, 0) is 17.0 Å². The van der Waals surface area contributed by atoms with E-state index in [0.29, 0.717) is 0 Å². The third-order valence-electron chi connectivity index (χ3n) is 1.54. The predicted molar refractivity (Wildman–Crippen MR) is 45.0 cm³/mol. The van der Waals surface area contributed by atoms with Crippen molar-refractivity contribution in [1.82, 2.24) is 0 Å². The van der Waals surface area contributed by atoms with Crippen molar-refractivity contribution in [3.8, 4) is 0 Å². The van der Waals surface area contributed by atoms with Gasteiger partial charge in [-0.15, -0.1) is 0 Å². The maximum absolute atomic E-state index is 12.7. The van der Waals surface area contributed by atoms with Gasteiger partial charge in [-0.3, -0.25) is 0 Å². The average Bonchev–Trinajstić information content (AvgIpc) is 2.03. The second-order valence-corrected chi connectivity index (χ2v) is 3.64. The lowest BCUT2D eigenvalue weighted by atomic mass is 10.1. The van der Waals surface area contributed by atoms with Crippen LogP contribution < -0.4 is 0 Å². The highest BCUT2D eigenvalue weighted by Crippen LogP contribution is 2.27. The van der Waals surface area contributed by atoms with Crippen LogP contribution in [0.1, 0.15) is 12.5 Å². The topological polar surface area (TPSA) is 37.3 Å². The smallest absolute Gasteiger partial charge is 0.270 e. The molecule has 0 radical (unpaired) electrons. The first-order valence-electron chi connectivity index (χ1n) is 3.50. The number of hydrogen-bond acceptors (Lipinski definition) is 1. The SMILES string of the molecule is CC(F)(F)c1cccc(S(=O)O)c1. The highest BCUT2D eigenvalue weighted by molar-refractivity contribution is 7.79. The highest BCUT2D eigenvalue weighted by atomic mass is 32.2. The zero-order chi connectivity index (χ0) is 10.1. The van der Waals surface area contributed by atoms with Crippen molar-refractivity contribution in [3.05, 3.63) is 29.8 Å². The number of rotatable bonds is 2. The first-order chi connectivity index (χ1) is 5.91. The Kier molecular flexibility index (Phi) is 2.77. The van der Waals surface area contributed by atoms with Crippen molar-refractivity contribution in [2.75, 3.05) is 0 Å². The Labute approximate surface area is 76.9 Å². The highest BCUT2D eigenvalue weighted by Gasteiger charge is 2.24. The molecule has 13 heavy (non-hydrogen) atoms. The molecule has 72 valence electrons. The Morgan fingerprint density at radius 2 is 2.08 bits per heavy atom. The van der Waals surface area contributed by atoms with Crippen molar-refractivity contribution in [2.24, 2.45) is 0 Å². The summed E-state index contributed by atoms with van der Waals surface area (Å²) < 4.78 is 44.6. The number of alkyl halides is 2. The maximum atomic E-state index is 12.7. The molecular formula is C8H8F2O2S. The first-order valence-corrected chi connectivity index (χ1v) is 4.61. The summed E-state index contributed by atoms with van der Waals surface area (Å²) in [5.74, 6) is -2.98. The Bertz CT molecular complexity index is 333. The van der Waals surface area contributed by atoms with E-state index in [2.05, 4.69) is 0 Å². The van der Waals surface area contributed by atoms with E-state index in [0.717, 1.165) is 13.0 Å². The molecule has 1 atom stereocenters. The molecule has 1 aromatic carbocycles. The van der Waals surface area contributed by atoms with Crippen LogP contribution in [0.4, 0.5) is 8.78 Å². The minimum atomic E-state index is -2.98. The molecule has 0 aliphatic heterocycles. The summed E-state index contributed by atoms with van der Waals surface area (Å²) in [5.41, 5.74) is -0.257. The van der Waals surface area contributed by atoms with Crippen molar-refractivity contribution >= 4 is 11.1 Å². The van der Waals surface area contributed by atoms with Gasteiger partial charge in [0.1, 0.15) is 0 Å². The Balaban J connectivity index is 3.13. The van der Waals surface area contributed by atoms with E-state index in [1.165, 1.54) is 18.2 Å². The summed E-state index contributed by atoms with van der Waals surface area (Å²) >= 11 is -2.21. The fraction of sp³-hybridized carbons (Fsp3) is 0.250. The third-order valence-corrected chi connectivity index (χ3v) is 2.20. The quantitative estimate of drug-likeness (QED) is 0.754. The van der Waals surface area contributed by atoms with Crippen LogP contribution in [0.2, 0.25) is 0 Å². The molecule has 0 fully saturated rings. The van der Waals surface area contributed by atoms with Crippen molar-refractivity contribution in [2.45, 2.75) is 17.7 Å². The molecule has 0 spiro atoms. The molecule has 0 aliphatic rings. The minimum Gasteiger partial charge on any atom is -0.302 e. The van der Waals surface area contributed by atoms with Gasteiger partial charge in [-0.05, 0) is 12.1 Å². The van der Waals surface area contributed by atoms with E-state index >= 15 is 0 Å². The standard InChI is InChI=1S/C8H8F2O2S/c1-8(9,10)6-3-2-4-7(5-6)13(11)12/h2-5H,1H3,(H,11,12). The van der Waals surface area contributed by atoms with Crippen molar-refractivity contribution in [1.29, 1.82) is 0 Å². The van der Waals surface area contributed by atoms with Crippen LogP contribution in [-0.4, -0.2) is 8.76 Å². The van der Waals surface area contributed by atoms with E-state index in [-0.39, 0.29) is 10.5 Å². The molecular weight excluding hydrogens is 198 g/mol. The monoisotopic (exact) mass is 206 g/mol. The van der Waals surface area contributed by atoms with Crippen LogP contribution in [0, 0.1) is 0 Å². The van der Waals surface area contributed by atoms with Gasteiger partial charge in [-0.2, -0.15) is 0 Å². The molecule has 0 aromatic heterocycles. The zero-order valence-corrected chi connectivity index (χ0v) is 7.65. The van der Waals surface area contributed by atoms with Gasteiger partial charge in [0, 0.05) is 12.5 Å². The van der Waals surface area contributed by atoms with Crippen LogP contribution in [0.3, 0.4) is 0 Å². The third kappa shape index (κ3) is 2.57. The lowest BCUT2D eigenvalue weighted by molar-refractivity contribution is 0.0172. The normalized spacial score (nSPS) is 14.2. The summed E-state index contributed by atoms with van der Waals surface area (Å²) in [6.07, 6.45) is 0. The number of benzene rings is 1. The van der Waals surface area contributed by atoms with Gasteiger partial charge in [-0.1, -0.05) is 12.1 Å². The van der Waals surface area contributed by atoms with Crippen LogP contribution in [0.25, 0.3) is 0 Å². The zero-order valence-electron chi connectivity index (χ0n) is 6.83. The van der Waals surface area contributed by atoms with E-state index in [4.69, 9.17) is 4.55 Å². The first kappa shape index (κ1) is 10.3. The Hall–Kier alpha value is -0.810. The lowest BCUT2D eigenvalue weighted by Crippen LogP contribution is -2.07. The maximum Gasteiger partial charge on any atom is 0.270 e. The van der Waals surface area contributed by atoms with Gasteiger partial charge >= 0.3 is 0 Å². The van der Waals surface area contributed by atoms with Crippen molar-refractivity contribution in [3.63, 3.8) is 0 Å². The fourth-order valence-electron chi connectivity index (χ4n) is 0.878. The molecule has 0 aliphatic carbocycles. The number of hydrogen-bond donors (Lipinski definition) is 1. The molecule has 2 nitrogen and oxygen atoms in total.